The summed E-state index contributed by atoms with van der Waals surface area (Å²) in [4.78, 5) is 7.17. The van der Waals surface area contributed by atoms with Crippen molar-refractivity contribution in [1.29, 1.82) is 0 Å². The van der Waals surface area contributed by atoms with Gasteiger partial charge in [-0.1, -0.05) is 104 Å². The molecule has 0 bridgehead atoms. The molecule has 174 valence electrons. The fourth-order valence-electron chi connectivity index (χ4n) is 5.24. The number of hydrogen-bond acceptors (Lipinski definition) is 0. The second kappa shape index (κ2) is 8.39. The number of aromatic nitrogens is 2. The van der Waals surface area contributed by atoms with Gasteiger partial charge in [0.15, 0.2) is 0 Å². The zero-order chi connectivity index (χ0) is 24.6. The van der Waals surface area contributed by atoms with Gasteiger partial charge in [-0.15, -0.1) is 0 Å². The summed E-state index contributed by atoms with van der Waals surface area (Å²) >= 11 is 21.1. The Labute approximate surface area is 233 Å². The fourth-order valence-corrected chi connectivity index (χ4v) is 6.87. The molecule has 5 aromatic carbocycles. The Bertz CT molecular complexity index is 1860. The number of hydrogen-bond donors (Lipinski definition) is 2. The number of para-hydroxylation sites is 2. The molecule has 0 fully saturated rings. The molecule has 0 aliphatic carbocycles. The average Bonchev–Trinajstić information content (AvgIpc) is 3.46. The quantitative estimate of drug-likeness (QED) is 0.190. The van der Waals surface area contributed by atoms with Crippen LogP contribution in [-0.4, -0.2) is 9.97 Å². The minimum atomic E-state index is 0.736. The van der Waals surface area contributed by atoms with E-state index in [1.807, 2.05) is 36.4 Å². The van der Waals surface area contributed by atoms with Crippen molar-refractivity contribution in [2.45, 2.75) is 0 Å². The van der Waals surface area contributed by atoms with Gasteiger partial charge in [0.1, 0.15) is 0 Å². The summed E-state index contributed by atoms with van der Waals surface area (Å²) in [6.45, 7) is 0. The molecule has 2 heterocycles. The molecule has 0 aliphatic heterocycles. The smallest absolute Gasteiger partial charge is 0.0560 e. The SMILES string of the molecule is Clc1ccc(-c2cc(Br)c(-c3ccc(Cl)c4c3[nH]c3ccccc34)cc2Br)c2[nH]c3ccccc3c12. The molecule has 2 aromatic heterocycles. The monoisotopic (exact) mass is 632 g/mol. The van der Waals surface area contributed by atoms with Gasteiger partial charge in [0, 0.05) is 52.7 Å². The Balaban J connectivity index is 1.47. The van der Waals surface area contributed by atoms with Crippen LogP contribution in [0, 0.1) is 0 Å². The minimum Gasteiger partial charge on any atom is -0.354 e. The molecule has 2 N–H and O–H groups in total. The predicted octanol–water partition coefficient (Wildman–Crippen LogP) is 11.1. The number of benzene rings is 5. The van der Waals surface area contributed by atoms with Crippen LogP contribution in [0.4, 0.5) is 0 Å². The molecule has 0 radical (unpaired) electrons. The van der Waals surface area contributed by atoms with Crippen LogP contribution in [0.25, 0.3) is 65.9 Å². The first-order chi connectivity index (χ1) is 17.5. The molecule has 0 saturated carbocycles. The lowest BCUT2D eigenvalue weighted by molar-refractivity contribution is 1.50. The van der Waals surface area contributed by atoms with Gasteiger partial charge in [-0.05, 0) is 47.5 Å². The third kappa shape index (κ3) is 3.29. The largest absolute Gasteiger partial charge is 0.354 e. The Hall–Kier alpha value is -2.76. The summed E-state index contributed by atoms with van der Waals surface area (Å²) in [6.07, 6.45) is 0. The Kier molecular flexibility index (Phi) is 5.23. The lowest BCUT2D eigenvalue weighted by atomic mass is 9.97. The molecule has 7 rings (SSSR count). The maximum Gasteiger partial charge on any atom is 0.0560 e. The van der Waals surface area contributed by atoms with Gasteiger partial charge >= 0.3 is 0 Å². The van der Waals surface area contributed by atoms with Crippen molar-refractivity contribution in [2.75, 3.05) is 0 Å². The zero-order valence-electron chi connectivity index (χ0n) is 18.6. The van der Waals surface area contributed by atoms with E-state index in [9.17, 15) is 0 Å². The maximum atomic E-state index is 6.66. The van der Waals surface area contributed by atoms with Crippen LogP contribution in [0.1, 0.15) is 0 Å². The van der Waals surface area contributed by atoms with Crippen molar-refractivity contribution in [3.63, 3.8) is 0 Å². The number of aromatic amines is 2. The Morgan fingerprint density at radius 2 is 0.917 bits per heavy atom. The fraction of sp³-hybridized carbons (Fsp3) is 0. The second-order valence-corrected chi connectivity index (χ2v) is 11.4. The highest BCUT2D eigenvalue weighted by Crippen LogP contribution is 2.45. The average molecular weight is 635 g/mol. The van der Waals surface area contributed by atoms with Gasteiger partial charge in [-0.2, -0.15) is 0 Å². The molecule has 0 amide bonds. The highest BCUT2D eigenvalue weighted by atomic mass is 79.9. The van der Waals surface area contributed by atoms with E-state index in [4.69, 9.17) is 23.2 Å². The van der Waals surface area contributed by atoms with Crippen LogP contribution in [0.2, 0.25) is 10.0 Å². The van der Waals surface area contributed by atoms with Gasteiger partial charge in [0.2, 0.25) is 0 Å². The molecule has 2 nitrogen and oxygen atoms in total. The molecular formula is C30H16Br2Cl2N2. The van der Waals surface area contributed by atoms with Crippen molar-refractivity contribution in [3.8, 4) is 22.3 Å². The van der Waals surface area contributed by atoms with Crippen LogP contribution < -0.4 is 0 Å². The summed E-state index contributed by atoms with van der Waals surface area (Å²) in [5.74, 6) is 0. The topological polar surface area (TPSA) is 31.6 Å². The molecule has 0 spiro atoms. The third-order valence-electron chi connectivity index (χ3n) is 6.86. The summed E-state index contributed by atoms with van der Waals surface area (Å²) < 4.78 is 1.98. The van der Waals surface area contributed by atoms with E-state index in [1.165, 1.54) is 0 Å². The lowest BCUT2D eigenvalue weighted by Crippen LogP contribution is -1.88. The molecule has 0 aliphatic rings. The van der Waals surface area contributed by atoms with Crippen molar-refractivity contribution >= 4 is 98.7 Å². The van der Waals surface area contributed by atoms with Crippen LogP contribution in [0.3, 0.4) is 0 Å². The normalized spacial score (nSPS) is 11.9. The molecule has 0 saturated heterocycles. The van der Waals surface area contributed by atoms with E-state index in [0.29, 0.717) is 0 Å². The summed E-state index contributed by atoms with van der Waals surface area (Å²) in [5.41, 5.74) is 8.48. The van der Waals surface area contributed by atoms with E-state index >= 15 is 0 Å². The van der Waals surface area contributed by atoms with Gasteiger partial charge in [0.05, 0.1) is 21.1 Å². The number of H-pyrrole nitrogens is 2. The van der Waals surface area contributed by atoms with Gasteiger partial charge in [-0.3, -0.25) is 0 Å². The van der Waals surface area contributed by atoms with Crippen molar-refractivity contribution < 1.29 is 0 Å². The third-order valence-corrected chi connectivity index (χ3v) is 8.80. The Morgan fingerprint density at radius 1 is 0.500 bits per heavy atom. The molecule has 36 heavy (non-hydrogen) atoms. The lowest BCUT2D eigenvalue weighted by Gasteiger charge is -2.13. The first-order valence-corrected chi connectivity index (χ1v) is 13.7. The molecule has 0 atom stereocenters. The van der Waals surface area contributed by atoms with Gasteiger partial charge < -0.3 is 9.97 Å². The van der Waals surface area contributed by atoms with E-state index < -0.39 is 0 Å². The highest BCUT2D eigenvalue weighted by molar-refractivity contribution is 9.11. The van der Waals surface area contributed by atoms with Crippen LogP contribution >= 0.6 is 55.1 Å². The number of halogens is 4. The van der Waals surface area contributed by atoms with Crippen molar-refractivity contribution in [1.82, 2.24) is 9.97 Å². The van der Waals surface area contributed by atoms with Crippen LogP contribution in [0.15, 0.2) is 93.9 Å². The molecule has 7 aromatic rings. The van der Waals surface area contributed by atoms with Crippen LogP contribution in [-0.2, 0) is 0 Å². The standard InChI is InChI=1S/C30H16Br2Cl2N2/c31-21-14-20(16-10-12-24(34)28-18-6-2-4-8-26(18)36-30(16)28)22(32)13-19(21)15-9-11-23(33)27-17-5-1-3-7-25(17)35-29(15)27/h1-14,35-36H. The maximum absolute atomic E-state index is 6.66. The number of rotatable bonds is 2. The highest BCUT2D eigenvalue weighted by Gasteiger charge is 2.19. The minimum absolute atomic E-state index is 0.736. The summed E-state index contributed by atoms with van der Waals surface area (Å²) in [7, 11) is 0. The van der Waals surface area contributed by atoms with Crippen LogP contribution in [0.5, 0.6) is 0 Å². The Morgan fingerprint density at radius 3 is 1.36 bits per heavy atom. The van der Waals surface area contributed by atoms with Crippen molar-refractivity contribution in [3.05, 3.63) is 104 Å². The summed E-state index contributed by atoms with van der Waals surface area (Å²) in [6, 6.07) is 28.9. The van der Waals surface area contributed by atoms with E-state index in [-0.39, 0.29) is 0 Å². The zero-order valence-corrected chi connectivity index (χ0v) is 23.3. The summed E-state index contributed by atoms with van der Waals surface area (Å²) in [5, 5.41) is 5.78. The molecule has 0 unspecified atom stereocenters. The first-order valence-electron chi connectivity index (χ1n) is 11.4. The molecular weight excluding hydrogens is 619 g/mol. The first kappa shape index (κ1) is 22.4. The predicted molar refractivity (Wildman–Crippen MR) is 161 cm³/mol. The van der Waals surface area contributed by atoms with E-state index in [1.54, 1.807) is 0 Å². The second-order valence-electron chi connectivity index (χ2n) is 8.84. The van der Waals surface area contributed by atoms with E-state index in [2.05, 4.69) is 90.4 Å². The number of fused-ring (bicyclic) bond motifs is 6. The van der Waals surface area contributed by atoms with Crippen molar-refractivity contribution in [2.24, 2.45) is 0 Å². The molecule has 6 heteroatoms. The van der Waals surface area contributed by atoms with E-state index in [0.717, 1.165) is 84.9 Å². The van der Waals surface area contributed by atoms with Gasteiger partial charge in [-0.25, -0.2) is 0 Å². The van der Waals surface area contributed by atoms with Gasteiger partial charge in [0.25, 0.3) is 0 Å². The number of nitrogens with one attached hydrogen (secondary N) is 2.